The molecule has 3 aromatic carbocycles. The van der Waals surface area contributed by atoms with Crippen LogP contribution in [-0.2, 0) is 9.84 Å². The first-order chi connectivity index (χ1) is 14.0. The van der Waals surface area contributed by atoms with Gasteiger partial charge in [-0.3, -0.25) is 4.79 Å². The van der Waals surface area contributed by atoms with E-state index in [1.54, 1.807) is 36.3 Å². The molecular formula is C23H23NO4S. The highest BCUT2D eigenvalue weighted by Gasteiger charge is 2.33. The maximum Gasteiger partial charge on any atom is 0.253 e. The number of methoxy groups -OCH3 is 1. The van der Waals surface area contributed by atoms with Crippen molar-refractivity contribution in [1.29, 1.82) is 0 Å². The summed E-state index contributed by atoms with van der Waals surface area (Å²) in [5.74, 6) is 0.579. The molecule has 0 aromatic heterocycles. The highest BCUT2D eigenvalue weighted by atomic mass is 32.2. The van der Waals surface area contributed by atoms with E-state index in [4.69, 9.17) is 4.74 Å². The van der Waals surface area contributed by atoms with Gasteiger partial charge < -0.3 is 9.64 Å². The van der Waals surface area contributed by atoms with Gasteiger partial charge in [0.1, 0.15) is 5.75 Å². The van der Waals surface area contributed by atoms with Crippen LogP contribution in [0.15, 0.2) is 71.6 Å². The number of carbonyl (C=O) groups excluding carboxylic acids is 1. The van der Waals surface area contributed by atoms with E-state index in [1.807, 2.05) is 42.5 Å². The van der Waals surface area contributed by atoms with Gasteiger partial charge in [-0.1, -0.05) is 30.3 Å². The largest absolute Gasteiger partial charge is 0.497 e. The highest BCUT2D eigenvalue weighted by Crippen LogP contribution is 2.27. The lowest BCUT2D eigenvalue weighted by Gasteiger charge is -2.32. The third kappa shape index (κ3) is 3.85. The molecule has 1 aliphatic rings. The summed E-state index contributed by atoms with van der Waals surface area (Å²) in [7, 11) is -1.88. The number of hydrogen-bond acceptors (Lipinski definition) is 4. The van der Waals surface area contributed by atoms with Gasteiger partial charge in [0.25, 0.3) is 5.91 Å². The molecule has 6 heteroatoms. The number of piperidine rings is 1. The summed E-state index contributed by atoms with van der Waals surface area (Å²) in [6.45, 7) is 0.872. The first kappa shape index (κ1) is 19.5. The van der Waals surface area contributed by atoms with E-state index in [0.29, 0.717) is 42.1 Å². The standard InChI is InChI=1S/C23H23NO4S/c1-28-20-8-10-21(11-9-20)29(26,27)22-12-14-24(15-13-22)23(25)19-7-6-17-4-2-3-5-18(17)16-19/h2-11,16,22H,12-15H2,1H3. The van der Waals surface area contributed by atoms with Crippen molar-refractivity contribution < 1.29 is 17.9 Å². The fourth-order valence-electron chi connectivity index (χ4n) is 3.83. The van der Waals surface area contributed by atoms with Gasteiger partial charge in [0, 0.05) is 18.7 Å². The molecule has 1 amide bonds. The van der Waals surface area contributed by atoms with E-state index in [1.165, 1.54) is 0 Å². The molecule has 3 aromatic rings. The second-order valence-corrected chi connectivity index (χ2v) is 9.50. The van der Waals surface area contributed by atoms with Gasteiger partial charge >= 0.3 is 0 Å². The summed E-state index contributed by atoms with van der Waals surface area (Å²) in [5, 5.41) is 1.64. The quantitative estimate of drug-likeness (QED) is 0.655. The Morgan fingerprint density at radius 1 is 0.931 bits per heavy atom. The molecule has 0 N–H and O–H groups in total. The minimum atomic E-state index is -3.42. The van der Waals surface area contributed by atoms with E-state index in [0.717, 1.165) is 10.8 Å². The van der Waals surface area contributed by atoms with Crippen molar-refractivity contribution in [3.63, 3.8) is 0 Å². The zero-order valence-electron chi connectivity index (χ0n) is 16.2. The monoisotopic (exact) mass is 409 g/mol. The molecule has 1 aliphatic heterocycles. The average Bonchev–Trinajstić information content (AvgIpc) is 2.78. The maximum absolute atomic E-state index is 12.9. The number of carbonyl (C=O) groups is 1. The van der Waals surface area contributed by atoms with Crippen LogP contribution in [0.5, 0.6) is 5.75 Å². The number of benzene rings is 3. The summed E-state index contributed by atoms with van der Waals surface area (Å²) < 4.78 is 31.0. The Labute approximate surface area is 170 Å². The second-order valence-electron chi connectivity index (χ2n) is 7.27. The molecule has 0 bridgehead atoms. The van der Waals surface area contributed by atoms with Crippen LogP contribution in [0.25, 0.3) is 10.8 Å². The minimum absolute atomic E-state index is 0.0453. The average molecular weight is 410 g/mol. The smallest absolute Gasteiger partial charge is 0.253 e. The van der Waals surface area contributed by atoms with Crippen molar-refractivity contribution >= 4 is 26.5 Å². The van der Waals surface area contributed by atoms with Crippen LogP contribution in [0.4, 0.5) is 0 Å². The second kappa shape index (κ2) is 7.87. The van der Waals surface area contributed by atoms with Crippen molar-refractivity contribution in [2.75, 3.05) is 20.2 Å². The van der Waals surface area contributed by atoms with E-state index < -0.39 is 15.1 Å². The van der Waals surface area contributed by atoms with Crippen LogP contribution in [-0.4, -0.2) is 44.7 Å². The Morgan fingerprint density at radius 3 is 2.24 bits per heavy atom. The van der Waals surface area contributed by atoms with Crippen LogP contribution in [0, 0.1) is 0 Å². The summed E-state index contributed by atoms with van der Waals surface area (Å²) in [5.41, 5.74) is 0.639. The maximum atomic E-state index is 12.9. The van der Waals surface area contributed by atoms with Crippen molar-refractivity contribution in [3.8, 4) is 5.75 Å². The molecule has 5 nitrogen and oxygen atoms in total. The normalized spacial score (nSPS) is 15.4. The molecule has 0 aliphatic carbocycles. The third-order valence-corrected chi connectivity index (χ3v) is 7.83. The summed E-state index contributed by atoms with van der Waals surface area (Å²) in [6.07, 6.45) is 0.876. The highest BCUT2D eigenvalue weighted by molar-refractivity contribution is 7.92. The van der Waals surface area contributed by atoms with Crippen LogP contribution < -0.4 is 4.74 Å². The molecule has 150 valence electrons. The lowest BCUT2D eigenvalue weighted by atomic mass is 10.0. The van der Waals surface area contributed by atoms with Gasteiger partial charge in [0.05, 0.1) is 17.3 Å². The topological polar surface area (TPSA) is 63.7 Å². The Bertz CT molecular complexity index is 1130. The van der Waals surface area contributed by atoms with Gasteiger partial charge in [0.2, 0.25) is 0 Å². The summed E-state index contributed by atoms with van der Waals surface area (Å²) in [4.78, 5) is 15.0. The molecule has 29 heavy (non-hydrogen) atoms. The molecule has 0 spiro atoms. The van der Waals surface area contributed by atoms with E-state index in [-0.39, 0.29) is 5.91 Å². The molecule has 4 rings (SSSR count). The van der Waals surface area contributed by atoms with Crippen molar-refractivity contribution in [2.24, 2.45) is 0 Å². The van der Waals surface area contributed by atoms with Gasteiger partial charge in [-0.15, -0.1) is 0 Å². The van der Waals surface area contributed by atoms with E-state index in [2.05, 4.69) is 0 Å². The zero-order valence-corrected chi connectivity index (χ0v) is 17.1. The SMILES string of the molecule is COc1ccc(S(=O)(=O)C2CCN(C(=O)c3ccc4ccccc4c3)CC2)cc1. The number of hydrogen-bond donors (Lipinski definition) is 0. The number of rotatable bonds is 4. The van der Waals surface area contributed by atoms with Crippen LogP contribution >= 0.6 is 0 Å². The Kier molecular flexibility index (Phi) is 5.28. The Morgan fingerprint density at radius 2 is 1.59 bits per heavy atom. The van der Waals surface area contributed by atoms with Crippen LogP contribution in [0.3, 0.4) is 0 Å². The van der Waals surface area contributed by atoms with Crippen molar-refractivity contribution in [2.45, 2.75) is 23.0 Å². The van der Waals surface area contributed by atoms with Crippen molar-refractivity contribution in [1.82, 2.24) is 4.90 Å². The summed E-state index contributed by atoms with van der Waals surface area (Å²) in [6, 6.07) is 20.1. The Balaban J connectivity index is 1.45. The Hall–Kier alpha value is -2.86. The van der Waals surface area contributed by atoms with E-state index >= 15 is 0 Å². The predicted octanol–water partition coefficient (Wildman–Crippen LogP) is 3.93. The molecule has 1 fully saturated rings. The molecule has 1 saturated heterocycles. The number of fused-ring (bicyclic) bond motifs is 1. The van der Waals surface area contributed by atoms with Gasteiger partial charge in [-0.05, 0) is 60.0 Å². The fraction of sp³-hybridized carbons (Fsp3) is 0.261. The zero-order chi connectivity index (χ0) is 20.4. The van der Waals surface area contributed by atoms with Gasteiger partial charge in [-0.2, -0.15) is 0 Å². The molecule has 0 atom stereocenters. The van der Waals surface area contributed by atoms with Crippen molar-refractivity contribution in [3.05, 3.63) is 72.3 Å². The molecule has 1 heterocycles. The molecule has 0 saturated carbocycles. The number of ether oxygens (including phenoxy) is 1. The third-order valence-electron chi connectivity index (χ3n) is 5.55. The first-order valence-corrected chi connectivity index (χ1v) is 11.2. The lowest BCUT2D eigenvalue weighted by molar-refractivity contribution is 0.0726. The predicted molar refractivity (Wildman–Crippen MR) is 113 cm³/mol. The number of likely N-dealkylation sites (tertiary alicyclic amines) is 1. The van der Waals surface area contributed by atoms with Crippen LogP contribution in [0.1, 0.15) is 23.2 Å². The molecule has 0 radical (unpaired) electrons. The fourth-order valence-corrected chi connectivity index (χ4v) is 5.56. The minimum Gasteiger partial charge on any atom is -0.497 e. The van der Waals surface area contributed by atoms with Gasteiger partial charge in [-0.25, -0.2) is 8.42 Å². The molecule has 0 unspecified atom stereocenters. The number of amides is 1. The number of sulfone groups is 1. The first-order valence-electron chi connectivity index (χ1n) is 9.65. The number of nitrogens with zero attached hydrogens (tertiary/aromatic N) is 1. The van der Waals surface area contributed by atoms with Gasteiger partial charge in [0.15, 0.2) is 9.84 Å². The molecular weight excluding hydrogens is 386 g/mol. The summed E-state index contributed by atoms with van der Waals surface area (Å²) >= 11 is 0. The van der Waals surface area contributed by atoms with Crippen LogP contribution in [0.2, 0.25) is 0 Å². The van der Waals surface area contributed by atoms with E-state index in [9.17, 15) is 13.2 Å². The lowest BCUT2D eigenvalue weighted by Crippen LogP contribution is -2.42.